The summed E-state index contributed by atoms with van der Waals surface area (Å²) in [4.78, 5) is 35.3. The SMILES string of the molecule is CCOC(=O)C(=O)C(CC)(C(=O)O)c1ccccc1. The molecule has 1 unspecified atom stereocenters. The van der Waals surface area contributed by atoms with Gasteiger partial charge in [-0.25, -0.2) is 4.79 Å². The molecule has 0 heterocycles. The second-order valence-corrected chi connectivity index (χ2v) is 3.98. The molecule has 0 radical (unpaired) electrons. The van der Waals surface area contributed by atoms with Crippen LogP contribution in [-0.4, -0.2) is 29.4 Å². The first kappa shape index (κ1) is 14.9. The smallest absolute Gasteiger partial charge is 0.376 e. The summed E-state index contributed by atoms with van der Waals surface area (Å²) in [6, 6.07) is 8.01. The number of hydrogen-bond acceptors (Lipinski definition) is 4. The third kappa shape index (κ3) is 2.65. The first-order valence-corrected chi connectivity index (χ1v) is 6.01. The summed E-state index contributed by atoms with van der Waals surface area (Å²) in [5.74, 6) is -3.51. The summed E-state index contributed by atoms with van der Waals surface area (Å²) >= 11 is 0. The van der Waals surface area contributed by atoms with Crippen molar-refractivity contribution in [3.63, 3.8) is 0 Å². The first-order valence-electron chi connectivity index (χ1n) is 6.01. The highest BCUT2D eigenvalue weighted by Gasteiger charge is 2.49. The molecule has 0 spiro atoms. The number of aliphatic carboxylic acids is 1. The molecule has 1 rings (SSSR count). The van der Waals surface area contributed by atoms with Gasteiger partial charge in [0.2, 0.25) is 0 Å². The molecule has 0 aromatic heterocycles. The number of carbonyl (C=O) groups excluding carboxylic acids is 2. The van der Waals surface area contributed by atoms with E-state index in [1.807, 2.05) is 0 Å². The number of carboxylic acid groups (broad SMARTS) is 1. The highest BCUT2D eigenvalue weighted by molar-refractivity contribution is 6.41. The topological polar surface area (TPSA) is 80.7 Å². The molecule has 0 bridgehead atoms. The van der Waals surface area contributed by atoms with Crippen LogP contribution in [0.1, 0.15) is 25.8 Å². The van der Waals surface area contributed by atoms with Gasteiger partial charge in [-0.1, -0.05) is 37.3 Å². The lowest BCUT2D eigenvalue weighted by Gasteiger charge is -2.25. The second kappa shape index (κ2) is 6.13. The summed E-state index contributed by atoms with van der Waals surface area (Å²) < 4.78 is 4.63. The zero-order chi connectivity index (χ0) is 14.5. The van der Waals surface area contributed by atoms with E-state index in [1.54, 1.807) is 32.0 Å². The molecule has 5 heteroatoms. The van der Waals surface area contributed by atoms with Crippen LogP contribution in [0, 0.1) is 0 Å². The molecule has 1 aromatic rings. The first-order chi connectivity index (χ1) is 9.00. The Bertz CT molecular complexity index is 480. The van der Waals surface area contributed by atoms with Crippen LogP contribution in [-0.2, 0) is 24.5 Å². The molecule has 5 nitrogen and oxygen atoms in total. The maximum atomic E-state index is 12.2. The molecule has 19 heavy (non-hydrogen) atoms. The van der Waals surface area contributed by atoms with Gasteiger partial charge in [-0.3, -0.25) is 9.59 Å². The number of carboxylic acids is 1. The predicted molar refractivity (Wildman–Crippen MR) is 67.7 cm³/mol. The second-order valence-electron chi connectivity index (χ2n) is 3.98. The van der Waals surface area contributed by atoms with Crippen LogP contribution in [0.5, 0.6) is 0 Å². The van der Waals surface area contributed by atoms with E-state index in [1.165, 1.54) is 12.1 Å². The summed E-state index contributed by atoms with van der Waals surface area (Å²) in [5.41, 5.74) is -1.60. The highest BCUT2D eigenvalue weighted by Crippen LogP contribution is 2.30. The molecule has 102 valence electrons. The van der Waals surface area contributed by atoms with Crippen molar-refractivity contribution in [1.82, 2.24) is 0 Å². The largest absolute Gasteiger partial charge is 0.480 e. The normalized spacial score (nSPS) is 13.4. The standard InChI is InChI=1S/C14H16O5/c1-3-14(13(17)18,10-8-6-5-7-9-10)11(15)12(16)19-4-2/h5-9H,3-4H2,1-2H3,(H,17,18). The summed E-state index contributed by atoms with van der Waals surface area (Å²) in [6.45, 7) is 3.14. The van der Waals surface area contributed by atoms with Crippen LogP contribution < -0.4 is 0 Å². The van der Waals surface area contributed by atoms with Crippen molar-refractivity contribution in [3.8, 4) is 0 Å². The number of carbonyl (C=O) groups is 3. The minimum absolute atomic E-state index is 0.0238. The van der Waals surface area contributed by atoms with Gasteiger partial charge in [0.1, 0.15) is 0 Å². The number of hydrogen-bond donors (Lipinski definition) is 1. The minimum atomic E-state index is -1.88. The van der Waals surface area contributed by atoms with Crippen molar-refractivity contribution < 1.29 is 24.2 Å². The fraction of sp³-hybridized carbons (Fsp3) is 0.357. The fourth-order valence-electron chi connectivity index (χ4n) is 1.96. The Kier molecular flexibility index (Phi) is 4.80. The predicted octanol–water partition coefficient (Wildman–Crippen LogP) is 1.55. The van der Waals surface area contributed by atoms with Crippen LogP contribution in [0.3, 0.4) is 0 Å². The molecular formula is C14H16O5. The molecule has 1 atom stereocenters. The van der Waals surface area contributed by atoms with Gasteiger partial charge < -0.3 is 9.84 Å². The molecular weight excluding hydrogens is 248 g/mol. The Balaban J connectivity index is 3.33. The summed E-state index contributed by atoms with van der Waals surface area (Å²) in [6.07, 6.45) is -0.0238. The molecule has 1 N–H and O–H groups in total. The molecule has 0 aliphatic carbocycles. The van der Waals surface area contributed by atoms with E-state index in [4.69, 9.17) is 0 Å². The zero-order valence-corrected chi connectivity index (χ0v) is 10.9. The van der Waals surface area contributed by atoms with Gasteiger partial charge >= 0.3 is 11.9 Å². The van der Waals surface area contributed by atoms with Gasteiger partial charge in [0.05, 0.1) is 6.61 Å². The van der Waals surface area contributed by atoms with Crippen LogP contribution in [0.2, 0.25) is 0 Å². The number of esters is 1. The Morgan fingerprint density at radius 3 is 2.16 bits per heavy atom. The van der Waals surface area contributed by atoms with E-state index in [-0.39, 0.29) is 18.6 Å². The van der Waals surface area contributed by atoms with Gasteiger partial charge in [0.15, 0.2) is 5.41 Å². The quantitative estimate of drug-likeness (QED) is 0.479. The maximum absolute atomic E-state index is 12.2. The Morgan fingerprint density at radius 1 is 1.16 bits per heavy atom. The Morgan fingerprint density at radius 2 is 1.74 bits per heavy atom. The van der Waals surface area contributed by atoms with E-state index in [2.05, 4.69) is 4.74 Å². The zero-order valence-electron chi connectivity index (χ0n) is 10.9. The van der Waals surface area contributed by atoms with Gasteiger partial charge in [-0.15, -0.1) is 0 Å². The number of ether oxygens (including phenoxy) is 1. The molecule has 0 saturated heterocycles. The van der Waals surface area contributed by atoms with E-state index in [0.29, 0.717) is 0 Å². The van der Waals surface area contributed by atoms with Gasteiger partial charge in [-0.05, 0) is 18.9 Å². The van der Waals surface area contributed by atoms with Crippen LogP contribution in [0.15, 0.2) is 30.3 Å². The minimum Gasteiger partial charge on any atom is -0.480 e. The molecule has 0 fully saturated rings. The van der Waals surface area contributed by atoms with Crippen LogP contribution in [0.25, 0.3) is 0 Å². The Hall–Kier alpha value is -2.17. The average molecular weight is 264 g/mol. The maximum Gasteiger partial charge on any atom is 0.376 e. The third-order valence-electron chi connectivity index (χ3n) is 3.01. The van der Waals surface area contributed by atoms with Crippen LogP contribution >= 0.6 is 0 Å². The number of Topliss-reactive ketones (excluding diaryl/α,β-unsaturated/α-hetero) is 1. The van der Waals surface area contributed by atoms with Crippen LogP contribution in [0.4, 0.5) is 0 Å². The number of rotatable bonds is 6. The van der Waals surface area contributed by atoms with Crippen molar-refractivity contribution in [2.45, 2.75) is 25.7 Å². The lowest BCUT2D eigenvalue weighted by atomic mass is 9.74. The molecule has 0 amide bonds. The van der Waals surface area contributed by atoms with Gasteiger partial charge in [-0.2, -0.15) is 0 Å². The van der Waals surface area contributed by atoms with E-state index in [0.717, 1.165) is 0 Å². The van der Waals surface area contributed by atoms with Crippen molar-refractivity contribution in [1.29, 1.82) is 0 Å². The summed E-state index contributed by atoms with van der Waals surface area (Å²) in [5, 5.41) is 9.44. The molecule has 0 aliphatic rings. The molecule has 0 aliphatic heterocycles. The van der Waals surface area contributed by atoms with E-state index in [9.17, 15) is 19.5 Å². The number of ketones is 1. The van der Waals surface area contributed by atoms with Crippen molar-refractivity contribution >= 4 is 17.7 Å². The average Bonchev–Trinajstić information content (AvgIpc) is 2.41. The van der Waals surface area contributed by atoms with Gasteiger partial charge in [0, 0.05) is 0 Å². The van der Waals surface area contributed by atoms with Crippen molar-refractivity contribution in [2.24, 2.45) is 0 Å². The van der Waals surface area contributed by atoms with Gasteiger partial charge in [0.25, 0.3) is 5.78 Å². The molecule has 1 aromatic carbocycles. The van der Waals surface area contributed by atoms with Crippen molar-refractivity contribution in [2.75, 3.05) is 6.61 Å². The number of benzene rings is 1. The van der Waals surface area contributed by atoms with E-state index < -0.39 is 23.1 Å². The lowest BCUT2D eigenvalue weighted by Crippen LogP contribution is -2.47. The third-order valence-corrected chi connectivity index (χ3v) is 3.01. The Labute approximate surface area is 111 Å². The highest BCUT2D eigenvalue weighted by atomic mass is 16.5. The van der Waals surface area contributed by atoms with E-state index >= 15 is 0 Å². The lowest BCUT2D eigenvalue weighted by molar-refractivity contribution is -0.162. The fourth-order valence-corrected chi connectivity index (χ4v) is 1.96. The van der Waals surface area contributed by atoms with Crippen molar-refractivity contribution in [3.05, 3.63) is 35.9 Å². The summed E-state index contributed by atoms with van der Waals surface area (Å²) in [7, 11) is 0. The molecule has 0 saturated carbocycles. The monoisotopic (exact) mass is 264 g/mol.